The first-order valence-corrected chi connectivity index (χ1v) is 10.8. The number of amides is 1. The van der Waals surface area contributed by atoms with E-state index in [0.29, 0.717) is 0 Å². The van der Waals surface area contributed by atoms with E-state index in [4.69, 9.17) is 0 Å². The first-order chi connectivity index (χ1) is 12.5. The Morgan fingerprint density at radius 3 is 2.69 bits per heavy atom. The minimum absolute atomic E-state index is 0.0448. The quantitative estimate of drug-likeness (QED) is 0.420. The lowest BCUT2D eigenvalue weighted by Gasteiger charge is -2.11. The Balaban J connectivity index is 1.59. The maximum Gasteiger partial charge on any atom is 0.237 e. The van der Waals surface area contributed by atoms with Gasteiger partial charge in [-0.15, -0.1) is 10.2 Å². The van der Waals surface area contributed by atoms with Crippen LogP contribution in [0.1, 0.15) is 13.8 Å². The molecule has 0 bridgehead atoms. The summed E-state index contributed by atoms with van der Waals surface area (Å²) in [5.41, 5.74) is 1.90. The lowest BCUT2D eigenvalue weighted by molar-refractivity contribution is -0.115. The van der Waals surface area contributed by atoms with Gasteiger partial charge in [-0.05, 0) is 36.8 Å². The van der Waals surface area contributed by atoms with Crippen molar-refractivity contribution in [1.29, 1.82) is 0 Å². The van der Waals surface area contributed by atoms with Gasteiger partial charge in [0.25, 0.3) is 0 Å². The van der Waals surface area contributed by atoms with E-state index in [-0.39, 0.29) is 11.2 Å². The van der Waals surface area contributed by atoms with Gasteiger partial charge in [-0.3, -0.25) is 4.79 Å². The Bertz CT molecular complexity index is 938. The average molecular weight is 402 g/mol. The molecule has 3 rings (SSSR count). The van der Waals surface area contributed by atoms with Crippen LogP contribution in [0.3, 0.4) is 0 Å². The molecule has 1 atom stereocenters. The van der Waals surface area contributed by atoms with Crippen molar-refractivity contribution in [3.05, 3.63) is 54.6 Å². The molecule has 3 aromatic rings. The van der Waals surface area contributed by atoms with E-state index in [1.165, 1.54) is 23.1 Å². The van der Waals surface area contributed by atoms with Crippen molar-refractivity contribution in [3.63, 3.8) is 0 Å². The third-order valence-electron chi connectivity index (χ3n) is 3.49. The van der Waals surface area contributed by atoms with Crippen LogP contribution in [0.4, 0.5) is 5.69 Å². The monoisotopic (exact) mass is 401 g/mol. The van der Waals surface area contributed by atoms with Gasteiger partial charge in [0.2, 0.25) is 5.91 Å². The van der Waals surface area contributed by atoms with E-state index in [1.54, 1.807) is 11.8 Å². The summed E-state index contributed by atoms with van der Waals surface area (Å²) in [5, 5.41) is 13.3. The molecule has 0 saturated heterocycles. The fourth-order valence-corrected chi connectivity index (χ4v) is 5.21. The summed E-state index contributed by atoms with van der Waals surface area (Å²) in [7, 11) is 0. The molecule has 4 nitrogen and oxygen atoms in total. The van der Waals surface area contributed by atoms with Gasteiger partial charge >= 0.3 is 0 Å². The summed E-state index contributed by atoms with van der Waals surface area (Å²) in [6.07, 6.45) is 0. The van der Waals surface area contributed by atoms with Gasteiger partial charge < -0.3 is 5.32 Å². The minimum Gasteiger partial charge on any atom is -0.325 e. The summed E-state index contributed by atoms with van der Waals surface area (Å²) >= 11 is 4.56. The number of nitrogens with zero attached hydrogens (tertiary/aromatic N) is 2. The number of aromatic nitrogens is 2. The first-order valence-electron chi connectivity index (χ1n) is 8.08. The van der Waals surface area contributed by atoms with Crippen molar-refractivity contribution in [2.45, 2.75) is 27.8 Å². The second kappa shape index (κ2) is 8.70. The summed E-state index contributed by atoms with van der Waals surface area (Å²) in [6, 6.07) is 14.0. The third kappa shape index (κ3) is 5.09. The molecule has 0 aliphatic heterocycles. The van der Waals surface area contributed by atoms with Gasteiger partial charge in [-0.2, -0.15) is 0 Å². The zero-order chi connectivity index (χ0) is 18.5. The highest BCUT2D eigenvalue weighted by Gasteiger charge is 2.17. The van der Waals surface area contributed by atoms with E-state index in [1.807, 2.05) is 50.2 Å². The zero-order valence-corrected chi connectivity index (χ0v) is 17.0. The normalized spacial score (nSPS) is 12.1. The van der Waals surface area contributed by atoms with Crippen LogP contribution < -0.4 is 5.32 Å². The molecule has 0 fully saturated rings. The average Bonchev–Trinajstić information content (AvgIpc) is 3.07. The van der Waals surface area contributed by atoms with Crippen molar-refractivity contribution in [2.75, 3.05) is 11.1 Å². The Morgan fingerprint density at radius 2 is 1.92 bits per heavy atom. The van der Waals surface area contributed by atoms with Crippen molar-refractivity contribution >= 4 is 57.2 Å². The minimum atomic E-state index is -0.256. The van der Waals surface area contributed by atoms with E-state index >= 15 is 0 Å². The number of rotatable bonds is 7. The van der Waals surface area contributed by atoms with Crippen LogP contribution in [-0.4, -0.2) is 27.1 Å². The topological polar surface area (TPSA) is 54.9 Å². The molecule has 0 unspecified atom stereocenters. The number of carbonyl (C=O) groups excluding carboxylic acids is 1. The SMILES string of the molecule is C=C(C)CSc1nnc(S[C@H](C)C(=O)Nc2ccc3ccccc3c2)s1. The molecule has 7 heteroatoms. The molecule has 0 aliphatic carbocycles. The molecule has 1 amide bonds. The summed E-state index contributed by atoms with van der Waals surface area (Å²) in [4.78, 5) is 12.5. The summed E-state index contributed by atoms with van der Waals surface area (Å²) in [6.45, 7) is 7.75. The largest absolute Gasteiger partial charge is 0.325 e. The van der Waals surface area contributed by atoms with E-state index in [0.717, 1.165) is 36.5 Å². The predicted molar refractivity (Wildman–Crippen MR) is 113 cm³/mol. The maximum atomic E-state index is 12.5. The lowest BCUT2D eigenvalue weighted by atomic mass is 10.1. The molecule has 0 spiro atoms. The van der Waals surface area contributed by atoms with E-state index < -0.39 is 0 Å². The number of fused-ring (bicyclic) bond motifs is 1. The van der Waals surface area contributed by atoms with Gasteiger partial charge in [-0.25, -0.2) is 0 Å². The van der Waals surface area contributed by atoms with Crippen LogP contribution in [0.2, 0.25) is 0 Å². The second-order valence-corrected chi connectivity index (χ2v) is 9.68. The molecule has 134 valence electrons. The molecule has 1 N–H and O–H groups in total. The number of nitrogens with one attached hydrogen (secondary N) is 1. The lowest BCUT2D eigenvalue weighted by Crippen LogP contribution is -2.22. The van der Waals surface area contributed by atoms with Crippen LogP contribution in [0.15, 0.2) is 63.3 Å². The van der Waals surface area contributed by atoms with Gasteiger partial charge in [-0.1, -0.05) is 77.3 Å². The number of benzene rings is 2. The van der Waals surface area contributed by atoms with Crippen LogP contribution in [-0.2, 0) is 4.79 Å². The van der Waals surface area contributed by atoms with Crippen LogP contribution in [0.5, 0.6) is 0 Å². The molecular formula is C19H19N3OS3. The summed E-state index contributed by atoms with van der Waals surface area (Å²) in [5.74, 6) is 0.786. The molecule has 1 aromatic heterocycles. The standard InChI is InChI=1S/C19H19N3OS3/c1-12(2)11-24-18-21-22-19(26-18)25-13(3)17(23)20-16-9-8-14-6-4-5-7-15(14)10-16/h4-10,13H,1,11H2,2-3H3,(H,20,23)/t13-/m1/s1. The highest BCUT2D eigenvalue weighted by Crippen LogP contribution is 2.32. The zero-order valence-electron chi connectivity index (χ0n) is 14.6. The molecule has 2 aromatic carbocycles. The molecular weight excluding hydrogens is 382 g/mol. The van der Waals surface area contributed by atoms with Crippen molar-refractivity contribution in [2.24, 2.45) is 0 Å². The van der Waals surface area contributed by atoms with Crippen LogP contribution >= 0.6 is 34.9 Å². The Morgan fingerprint density at radius 1 is 1.19 bits per heavy atom. The number of hydrogen-bond acceptors (Lipinski definition) is 6. The first kappa shape index (κ1) is 18.9. The highest BCUT2D eigenvalue weighted by molar-refractivity contribution is 8.04. The van der Waals surface area contributed by atoms with Gasteiger partial charge in [0.15, 0.2) is 8.68 Å². The van der Waals surface area contributed by atoms with Crippen LogP contribution in [0.25, 0.3) is 10.8 Å². The maximum absolute atomic E-state index is 12.5. The van der Waals surface area contributed by atoms with Crippen molar-refractivity contribution in [3.8, 4) is 0 Å². The van der Waals surface area contributed by atoms with Crippen molar-refractivity contribution in [1.82, 2.24) is 10.2 Å². The fraction of sp³-hybridized carbons (Fsp3) is 0.211. The Hall–Kier alpha value is -1.83. The highest BCUT2D eigenvalue weighted by atomic mass is 32.2. The number of anilines is 1. The van der Waals surface area contributed by atoms with E-state index in [2.05, 4.69) is 28.2 Å². The Labute approximate surface area is 165 Å². The summed E-state index contributed by atoms with van der Waals surface area (Å²) < 4.78 is 1.70. The fourth-order valence-electron chi connectivity index (χ4n) is 2.20. The molecule has 0 saturated carbocycles. The third-order valence-corrected chi connectivity index (χ3v) is 6.97. The molecule has 26 heavy (non-hydrogen) atoms. The molecule has 1 heterocycles. The van der Waals surface area contributed by atoms with E-state index in [9.17, 15) is 4.79 Å². The van der Waals surface area contributed by atoms with Crippen molar-refractivity contribution < 1.29 is 4.79 Å². The smallest absolute Gasteiger partial charge is 0.237 e. The number of carbonyl (C=O) groups is 1. The van der Waals surface area contributed by atoms with Gasteiger partial charge in [0, 0.05) is 11.4 Å². The second-order valence-electron chi connectivity index (χ2n) is 5.89. The molecule has 0 radical (unpaired) electrons. The Kier molecular flexibility index (Phi) is 6.34. The predicted octanol–water partition coefficient (Wildman–Crippen LogP) is 5.48. The molecule has 0 aliphatic rings. The number of hydrogen-bond donors (Lipinski definition) is 1. The number of thioether (sulfide) groups is 2. The van der Waals surface area contributed by atoms with Crippen LogP contribution in [0, 0.1) is 0 Å². The van der Waals surface area contributed by atoms with Gasteiger partial charge in [0.05, 0.1) is 5.25 Å². The van der Waals surface area contributed by atoms with Gasteiger partial charge in [0.1, 0.15) is 0 Å².